The van der Waals surface area contributed by atoms with E-state index in [2.05, 4.69) is 6.07 Å². The topological polar surface area (TPSA) is 70.8 Å². The Morgan fingerprint density at radius 1 is 1.55 bits per heavy atom. The van der Waals surface area contributed by atoms with E-state index in [1.165, 1.54) is 5.56 Å². The molecule has 5 heteroatoms. The number of hydrogen-bond donors (Lipinski definition) is 1. The fourth-order valence-electron chi connectivity index (χ4n) is 2.24. The van der Waals surface area contributed by atoms with E-state index in [1.807, 2.05) is 19.1 Å². The lowest BCUT2D eigenvalue weighted by Crippen LogP contribution is -2.21. The van der Waals surface area contributed by atoms with Gasteiger partial charge in [0.15, 0.2) is 0 Å². The van der Waals surface area contributed by atoms with Gasteiger partial charge in [-0.05, 0) is 31.0 Å². The van der Waals surface area contributed by atoms with Crippen LogP contribution in [-0.4, -0.2) is 31.9 Å². The van der Waals surface area contributed by atoms with Crippen molar-refractivity contribution in [3.05, 3.63) is 29.3 Å². The number of hydrogen-bond acceptors (Lipinski definition) is 5. The predicted octanol–water partition coefficient (Wildman–Crippen LogP) is 1.59. The van der Waals surface area contributed by atoms with E-state index < -0.39 is 0 Å². The average Bonchev–Trinajstić information content (AvgIpc) is 2.77. The highest BCUT2D eigenvalue weighted by Gasteiger charge is 2.20. The summed E-state index contributed by atoms with van der Waals surface area (Å²) >= 11 is 0. The van der Waals surface area contributed by atoms with E-state index >= 15 is 0 Å². The molecule has 1 aliphatic heterocycles. The molecule has 5 nitrogen and oxygen atoms in total. The summed E-state index contributed by atoms with van der Waals surface area (Å²) in [5.41, 5.74) is 8.23. The van der Waals surface area contributed by atoms with Gasteiger partial charge in [0.2, 0.25) is 0 Å². The second-order valence-corrected chi connectivity index (χ2v) is 4.93. The summed E-state index contributed by atoms with van der Waals surface area (Å²) in [6.07, 6.45) is 1.12. The largest absolute Gasteiger partial charge is 0.490 e. The fraction of sp³-hybridized carbons (Fsp3) is 0.533. The van der Waals surface area contributed by atoms with Crippen LogP contribution in [0.4, 0.5) is 0 Å². The van der Waals surface area contributed by atoms with E-state index in [9.17, 15) is 4.79 Å². The van der Waals surface area contributed by atoms with Gasteiger partial charge in [-0.2, -0.15) is 0 Å². The van der Waals surface area contributed by atoms with Crippen LogP contribution in [0.25, 0.3) is 0 Å². The molecule has 0 spiro atoms. The Morgan fingerprint density at radius 3 is 3.10 bits per heavy atom. The van der Waals surface area contributed by atoms with Crippen molar-refractivity contribution in [3.8, 4) is 5.75 Å². The van der Waals surface area contributed by atoms with Crippen LogP contribution in [0.2, 0.25) is 0 Å². The Kier molecular flexibility index (Phi) is 4.98. The van der Waals surface area contributed by atoms with Gasteiger partial charge < -0.3 is 19.9 Å². The molecular weight excluding hydrogens is 258 g/mol. The van der Waals surface area contributed by atoms with Gasteiger partial charge in [0.05, 0.1) is 19.3 Å². The number of carbonyl (C=O) groups is 1. The Bertz CT molecular complexity index is 475. The van der Waals surface area contributed by atoms with Crippen molar-refractivity contribution < 1.29 is 19.0 Å². The summed E-state index contributed by atoms with van der Waals surface area (Å²) in [4.78, 5) is 11.1. The minimum atomic E-state index is -0.365. The first-order chi connectivity index (χ1) is 9.60. The second-order valence-electron chi connectivity index (χ2n) is 4.93. The van der Waals surface area contributed by atoms with Crippen LogP contribution in [0.3, 0.4) is 0 Å². The minimum Gasteiger partial charge on any atom is -0.490 e. The van der Waals surface area contributed by atoms with Crippen LogP contribution in [-0.2, 0) is 20.7 Å². The molecule has 0 fully saturated rings. The Balaban J connectivity index is 1.85. The van der Waals surface area contributed by atoms with Gasteiger partial charge >= 0.3 is 5.97 Å². The summed E-state index contributed by atoms with van der Waals surface area (Å²) in [7, 11) is 0. The third-order valence-corrected chi connectivity index (χ3v) is 3.17. The van der Waals surface area contributed by atoms with Gasteiger partial charge in [0.25, 0.3) is 0 Å². The first kappa shape index (κ1) is 14.8. The van der Waals surface area contributed by atoms with Crippen molar-refractivity contribution in [3.63, 3.8) is 0 Å². The molecule has 1 aliphatic rings. The molecule has 20 heavy (non-hydrogen) atoms. The monoisotopic (exact) mass is 279 g/mol. The number of esters is 1. The zero-order valence-corrected chi connectivity index (χ0v) is 11.9. The number of benzene rings is 1. The summed E-state index contributed by atoms with van der Waals surface area (Å²) in [5, 5.41) is 0. The van der Waals surface area contributed by atoms with Gasteiger partial charge in [-0.25, -0.2) is 4.79 Å². The summed E-state index contributed by atoms with van der Waals surface area (Å²) in [6.45, 7) is 4.39. The van der Waals surface area contributed by atoms with E-state index in [0.29, 0.717) is 6.61 Å². The van der Waals surface area contributed by atoms with E-state index in [4.69, 9.17) is 19.9 Å². The van der Waals surface area contributed by atoms with Crippen molar-refractivity contribution in [1.82, 2.24) is 0 Å². The fourth-order valence-corrected chi connectivity index (χ4v) is 2.24. The van der Waals surface area contributed by atoms with Crippen molar-refractivity contribution >= 4 is 5.97 Å². The lowest BCUT2D eigenvalue weighted by Gasteiger charge is -2.13. The van der Waals surface area contributed by atoms with Crippen LogP contribution >= 0.6 is 0 Å². The maximum Gasteiger partial charge on any atom is 0.332 e. The summed E-state index contributed by atoms with van der Waals surface area (Å²) < 4.78 is 15.7. The highest BCUT2D eigenvalue weighted by Crippen LogP contribution is 2.30. The molecular formula is C15H21NO4. The van der Waals surface area contributed by atoms with Crippen molar-refractivity contribution in [1.29, 1.82) is 0 Å². The third-order valence-electron chi connectivity index (χ3n) is 3.17. The maximum absolute atomic E-state index is 11.1. The molecule has 2 N–H and O–H groups in total. The first-order valence-corrected chi connectivity index (χ1v) is 6.88. The van der Waals surface area contributed by atoms with Crippen molar-refractivity contribution in [2.75, 3.05) is 19.8 Å². The smallest absolute Gasteiger partial charge is 0.332 e. The molecule has 0 amide bonds. The number of carbonyl (C=O) groups excluding carboxylic acids is 1. The molecule has 0 aliphatic carbocycles. The van der Waals surface area contributed by atoms with E-state index in [-0.39, 0.29) is 31.3 Å². The zero-order chi connectivity index (χ0) is 14.5. The average molecular weight is 279 g/mol. The molecule has 0 saturated heterocycles. The normalized spacial score (nSPS) is 18.2. The van der Waals surface area contributed by atoms with Gasteiger partial charge in [0.1, 0.15) is 18.5 Å². The highest BCUT2D eigenvalue weighted by molar-refractivity contribution is 5.70. The quantitative estimate of drug-likeness (QED) is 0.801. The standard InChI is InChI=1S/C15H21NO4/c1-3-19-15(17)9-18-8-13(16)11-4-5-14-12(7-11)6-10(2)20-14/h4-5,7,10,13H,3,6,8-9,16H2,1-2H3. The Morgan fingerprint density at radius 2 is 2.35 bits per heavy atom. The molecule has 0 aromatic heterocycles. The van der Waals surface area contributed by atoms with Gasteiger partial charge in [0, 0.05) is 6.42 Å². The second kappa shape index (κ2) is 6.72. The summed E-state index contributed by atoms with van der Waals surface area (Å²) in [6, 6.07) is 5.68. The van der Waals surface area contributed by atoms with Crippen LogP contribution in [0, 0.1) is 0 Å². The Labute approximate surface area is 119 Å². The molecule has 1 aromatic carbocycles. The lowest BCUT2D eigenvalue weighted by atomic mass is 10.0. The molecule has 110 valence electrons. The number of fused-ring (bicyclic) bond motifs is 1. The van der Waals surface area contributed by atoms with Crippen LogP contribution in [0.1, 0.15) is 31.0 Å². The highest BCUT2D eigenvalue weighted by atomic mass is 16.6. The van der Waals surface area contributed by atoms with E-state index in [0.717, 1.165) is 17.7 Å². The number of rotatable bonds is 6. The summed E-state index contributed by atoms with van der Waals surface area (Å²) in [5.74, 6) is 0.566. The SMILES string of the molecule is CCOC(=O)COCC(N)c1ccc2c(c1)CC(C)O2. The van der Waals surface area contributed by atoms with Crippen LogP contribution < -0.4 is 10.5 Å². The Hall–Kier alpha value is -1.59. The number of nitrogens with two attached hydrogens (primary N) is 1. The third kappa shape index (κ3) is 3.71. The van der Waals surface area contributed by atoms with Crippen molar-refractivity contribution in [2.45, 2.75) is 32.4 Å². The zero-order valence-electron chi connectivity index (χ0n) is 11.9. The molecule has 2 rings (SSSR count). The van der Waals surface area contributed by atoms with Crippen molar-refractivity contribution in [2.24, 2.45) is 5.73 Å². The predicted molar refractivity (Wildman–Crippen MR) is 74.6 cm³/mol. The lowest BCUT2D eigenvalue weighted by molar-refractivity contribution is -0.148. The van der Waals surface area contributed by atoms with E-state index in [1.54, 1.807) is 6.92 Å². The maximum atomic E-state index is 11.1. The molecule has 1 heterocycles. The van der Waals surface area contributed by atoms with Crippen LogP contribution in [0.5, 0.6) is 5.75 Å². The first-order valence-electron chi connectivity index (χ1n) is 6.88. The molecule has 0 saturated carbocycles. The van der Waals surface area contributed by atoms with Gasteiger partial charge in [-0.15, -0.1) is 0 Å². The molecule has 2 unspecified atom stereocenters. The van der Waals surface area contributed by atoms with Crippen LogP contribution in [0.15, 0.2) is 18.2 Å². The molecule has 0 radical (unpaired) electrons. The number of ether oxygens (including phenoxy) is 3. The minimum absolute atomic E-state index is 0.0629. The molecule has 1 aromatic rings. The molecule has 0 bridgehead atoms. The molecule has 2 atom stereocenters. The van der Waals surface area contributed by atoms with Gasteiger partial charge in [-0.3, -0.25) is 0 Å². The van der Waals surface area contributed by atoms with Gasteiger partial charge in [-0.1, -0.05) is 12.1 Å².